The van der Waals surface area contributed by atoms with E-state index in [9.17, 15) is 0 Å². The van der Waals surface area contributed by atoms with Gasteiger partial charge in [-0.3, -0.25) is 0 Å². The van der Waals surface area contributed by atoms with Crippen LogP contribution in [0.5, 0.6) is 5.75 Å². The summed E-state index contributed by atoms with van der Waals surface area (Å²) in [5.41, 5.74) is 1.08. The normalized spacial score (nSPS) is 29.5. The minimum Gasteiger partial charge on any atom is -0.496 e. The molecule has 19 heavy (non-hydrogen) atoms. The third-order valence-electron chi connectivity index (χ3n) is 4.47. The summed E-state index contributed by atoms with van der Waals surface area (Å²) < 4.78 is 5.39. The first kappa shape index (κ1) is 13.2. The zero-order valence-corrected chi connectivity index (χ0v) is 12.1. The molecule has 0 amide bonds. The van der Waals surface area contributed by atoms with Crippen LogP contribution in [0.15, 0.2) is 18.2 Å². The van der Waals surface area contributed by atoms with Crippen molar-refractivity contribution in [2.24, 2.45) is 5.92 Å². The number of halogens is 1. The van der Waals surface area contributed by atoms with Gasteiger partial charge in [0, 0.05) is 29.7 Å². The first-order chi connectivity index (χ1) is 9.28. The highest BCUT2D eigenvalue weighted by Crippen LogP contribution is 2.29. The molecule has 3 unspecified atom stereocenters. The van der Waals surface area contributed by atoms with Gasteiger partial charge < -0.3 is 15.0 Å². The summed E-state index contributed by atoms with van der Waals surface area (Å²) >= 11 is 6.28. The summed E-state index contributed by atoms with van der Waals surface area (Å²) in [5, 5.41) is 4.48. The Labute approximate surface area is 119 Å². The summed E-state index contributed by atoms with van der Waals surface area (Å²) in [7, 11) is 1.70. The molecule has 0 aromatic heterocycles. The van der Waals surface area contributed by atoms with Crippen LogP contribution in [0, 0.1) is 5.92 Å². The second-order valence-corrected chi connectivity index (χ2v) is 5.95. The molecular weight excluding hydrogens is 260 g/mol. The van der Waals surface area contributed by atoms with Gasteiger partial charge in [-0.25, -0.2) is 0 Å². The first-order valence-electron chi connectivity index (χ1n) is 7.05. The van der Waals surface area contributed by atoms with Crippen LogP contribution in [0.2, 0.25) is 5.02 Å². The van der Waals surface area contributed by atoms with Crippen LogP contribution in [0.3, 0.4) is 0 Å². The SMILES string of the molecule is COc1cccc(Cl)c1CNC1CCN2CCC1C2. The average molecular weight is 281 g/mol. The van der Waals surface area contributed by atoms with E-state index in [1.807, 2.05) is 18.2 Å². The zero-order chi connectivity index (χ0) is 13.2. The maximum atomic E-state index is 6.28. The lowest BCUT2D eigenvalue weighted by Gasteiger charge is -2.31. The molecule has 0 saturated carbocycles. The summed E-state index contributed by atoms with van der Waals surface area (Å²) in [6, 6.07) is 6.46. The molecule has 0 radical (unpaired) electrons. The molecule has 2 heterocycles. The van der Waals surface area contributed by atoms with Gasteiger partial charge >= 0.3 is 0 Å². The van der Waals surface area contributed by atoms with Crippen molar-refractivity contribution in [2.75, 3.05) is 26.7 Å². The molecule has 2 bridgehead atoms. The molecule has 1 aromatic carbocycles. The van der Waals surface area contributed by atoms with Gasteiger partial charge in [0.1, 0.15) is 5.75 Å². The Balaban J connectivity index is 1.66. The molecule has 0 spiro atoms. The molecule has 104 valence electrons. The van der Waals surface area contributed by atoms with E-state index in [0.717, 1.165) is 28.8 Å². The fourth-order valence-corrected chi connectivity index (χ4v) is 3.59. The molecule has 0 aliphatic carbocycles. The van der Waals surface area contributed by atoms with Crippen LogP contribution in [-0.4, -0.2) is 37.7 Å². The molecular formula is C15H21ClN2O. The average Bonchev–Trinajstić information content (AvgIpc) is 2.81. The fourth-order valence-electron chi connectivity index (χ4n) is 3.36. The summed E-state index contributed by atoms with van der Waals surface area (Å²) in [5.74, 6) is 1.69. The van der Waals surface area contributed by atoms with Crippen molar-refractivity contribution in [3.05, 3.63) is 28.8 Å². The van der Waals surface area contributed by atoms with Gasteiger partial charge in [-0.1, -0.05) is 17.7 Å². The largest absolute Gasteiger partial charge is 0.496 e. The topological polar surface area (TPSA) is 24.5 Å². The zero-order valence-electron chi connectivity index (χ0n) is 11.4. The lowest BCUT2D eigenvalue weighted by atomic mass is 9.94. The number of fused-ring (bicyclic) bond motifs is 2. The Kier molecular flexibility index (Phi) is 3.96. The number of methoxy groups -OCH3 is 1. The Morgan fingerprint density at radius 3 is 3.05 bits per heavy atom. The van der Waals surface area contributed by atoms with Crippen LogP contribution in [0.25, 0.3) is 0 Å². The third-order valence-corrected chi connectivity index (χ3v) is 4.83. The molecule has 1 aromatic rings. The highest BCUT2D eigenvalue weighted by molar-refractivity contribution is 6.31. The van der Waals surface area contributed by atoms with E-state index in [2.05, 4.69) is 10.2 Å². The van der Waals surface area contributed by atoms with E-state index >= 15 is 0 Å². The quantitative estimate of drug-likeness (QED) is 0.917. The van der Waals surface area contributed by atoms with E-state index in [1.165, 1.54) is 32.5 Å². The van der Waals surface area contributed by atoms with Gasteiger partial charge in [-0.05, 0) is 44.0 Å². The lowest BCUT2D eigenvalue weighted by Crippen LogP contribution is -2.43. The van der Waals surface area contributed by atoms with Gasteiger partial charge in [-0.2, -0.15) is 0 Å². The van der Waals surface area contributed by atoms with Crippen molar-refractivity contribution in [3.63, 3.8) is 0 Å². The maximum Gasteiger partial charge on any atom is 0.124 e. The molecule has 2 aliphatic heterocycles. The smallest absolute Gasteiger partial charge is 0.124 e. The van der Waals surface area contributed by atoms with Gasteiger partial charge in [0.2, 0.25) is 0 Å². The van der Waals surface area contributed by atoms with Crippen LogP contribution in [0.4, 0.5) is 0 Å². The highest BCUT2D eigenvalue weighted by Gasteiger charge is 2.33. The molecule has 3 atom stereocenters. The monoisotopic (exact) mass is 280 g/mol. The van der Waals surface area contributed by atoms with Gasteiger partial charge in [0.25, 0.3) is 0 Å². The number of hydrogen-bond acceptors (Lipinski definition) is 3. The number of benzene rings is 1. The van der Waals surface area contributed by atoms with Crippen molar-refractivity contribution in [1.29, 1.82) is 0 Å². The van der Waals surface area contributed by atoms with Gasteiger partial charge in [0.05, 0.1) is 7.11 Å². The molecule has 3 nitrogen and oxygen atoms in total. The molecule has 3 rings (SSSR count). The first-order valence-corrected chi connectivity index (χ1v) is 7.43. The molecule has 4 heteroatoms. The van der Waals surface area contributed by atoms with Crippen molar-refractivity contribution < 1.29 is 4.74 Å². The van der Waals surface area contributed by atoms with E-state index in [-0.39, 0.29) is 0 Å². The minimum atomic E-state index is 0.625. The molecule has 2 fully saturated rings. The van der Waals surface area contributed by atoms with E-state index in [1.54, 1.807) is 7.11 Å². The Hall–Kier alpha value is -0.770. The Bertz CT molecular complexity index is 452. The van der Waals surface area contributed by atoms with Gasteiger partial charge in [-0.15, -0.1) is 0 Å². The highest BCUT2D eigenvalue weighted by atomic mass is 35.5. The molecule has 1 N–H and O–H groups in total. The van der Waals surface area contributed by atoms with Crippen LogP contribution >= 0.6 is 11.6 Å². The minimum absolute atomic E-state index is 0.625. The number of piperidine rings is 1. The second kappa shape index (κ2) is 5.70. The predicted molar refractivity (Wildman–Crippen MR) is 77.8 cm³/mol. The number of nitrogens with one attached hydrogen (secondary N) is 1. The summed E-state index contributed by atoms with van der Waals surface area (Å²) in [6.45, 7) is 4.56. The van der Waals surface area contributed by atoms with Gasteiger partial charge in [0.15, 0.2) is 0 Å². The van der Waals surface area contributed by atoms with Crippen molar-refractivity contribution >= 4 is 11.6 Å². The predicted octanol–water partition coefficient (Wildman–Crippen LogP) is 2.53. The number of ether oxygens (including phenoxy) is 1. The van der Waals surface area contributed by atoms with E-state index < -0.39 is 0 Å². The maximum absolute atomic E-state index is 6.28. The summed E-state index contributed by atoms with van der Waals surface area (Å²) in [4.78, 5) is 2.57. The summed E-state index contributed by atoms with van der Waals surface area (Å²) in [6.07, 6.45) is 2.58. The van der Waals surface area contributed by atoms with Crippen molar-refractivity contribution in [1.82, 2.24) is 10.2 Å². The molecule has 2 saturated heterocycles. The van der Waals surface area contributed by atoms with Crippen molar-refractivity contribution in [3.8, 4) is 5.75 Å². The Morgan fingerprint density at radius 2 is 2.21 bits per heavy atom. The van der Waals surface area contributed by atoms with Crippen molar-refractivity contribution in [2.45, 2.75) is 25.4 Å². The van der Waals surface area contributed by atoms with E-state index in [4.69, 9.17) is 16.3 Å². The molecule has 2 aliphatic rings. The Morgan fingerprint density at radius 1 is 1.37 bits per heavy atom. The third kappa shape index (κ3) is 2.73. The lowest BCUT2D eigenvalue weighted by molar-refractivity contribution is 0.220. The fraction of sp³-hybridized carbons (Fsp3) is 0.600. The number of hydrogen-bond donors (Lipinski definition) is 1. The van der Waals surface area contributed by atoms with Crippen LogP contribution < -0.4 is 10.1 Å². The van der Waals surface area contributed by atoms with Crippen LogP contribution in [-0.2, 0) is 6.54 Å². The van der Waals surface area contributed by atoms with E-state index in [0.29, 0.717) is 6.04 Å². The number of nitrogens with zero attached hydrogens (tertiary/aromatic N) is 1. The van der Waals surface area contributed by atoms with Crippen LogP contribution in [0.1, 0.15) is 18.4 Å². The second-order valence-electron chi connectivity index (χ2n) is 5.55. The number of rotatable bonds is 4. The standard InChI is InChI=1S/C15H21ClN2O/c1-19-15-4-2-3-13(16)12(15)9-17-14-6-8-18-7-5-11(14)10-18/h2-4,11,14,17H,5-10H2,1H3.